The molecule has 98 valence electrons. The lowest BCUT2D eigenvalue weighted by Gasteiger charge is -2.31. The first-order chi connectivity index (χ1) is 8.50. The van der Waals surface area contributed by atoms with Crippen LogP contribution in [0.1, 0.15) is 25.7 Å². The van der Waals surface area contributed by atoms with E-state index in [4.69, 9.17) is 0 Å². The predicted molar refractivity (Wildman–Crippen MR) is 62.2 cm³/mol. The van der Waals surface area contributed by atoms with Crippen LogP contribution in [0.5, 0.6) is 0 Å². The number of benzene rings is 1. The Morgan fingerprint density at radius 2 is 1.78 bits per heavy atom. The number of nitrogens with zero attached hydrogens (tertiary/aromatic N) is 1. The van der Waals surface area contributed by atoms with Gasteiger partial charge < -0.3 is 4.90 Å². The standard InChI is InChI=1S/C13H14F3NO/c14-13(15,16)11-8-4-5-9-12(18)17(11)10-6-2-1-3-7-10/h1-3,6-7,11H,4-5,8-9H2/t11-/m0/s1. The molecule has 2 rings (SSSR count). The maximum Gasteiger partial charge on any atom is 0.409 e. The normalized spacial score (nSPS) is 21.8. The van der Waals surface area contributed by atoms with Crippen LogP contribution in [-0.4, -0.2) is 18.1 Å². The van der Waals surface area contributed by atoms with Gasteiger partial charge in [-0.05, 0) is 25.0 Å². The minimum absolute atomic E-state index is 0.0237. The number of hydrogen-bond donors (Lipinski definition) is 0. The van der Waals surface area contributed by atoms with Crippen LogP contribution >= 0.6 is 0 Å². The third-order valence-electron chi connectivity index (χ3n) is 3.11. The van der Waals surface area contributed by atoms with Crippen molar-refractivity contribution < 1.29 is 18.0 Å². The Balaban J connectivity index is 2.39. The SMILES string of the molecule is O=C1CCCC[C@@H](C(F)(F)F)N1c1ccccc1. The summed E-state index contributed by atoms with van der Waals surface area (Å²) in [4.78, 5) is 12.8. The van der Waals surface area contributed by atoms with Gasteiger partial charge in [0.1, 0.15) is 6.04 Å². The third kappa shape index (κ3) is 2.66. The molecule has 1 aliphatic rings. The van der Waals surface area contributed by atoms with Gasteiger partial charge in [0.25, 0.3) is 0 Å². The van der Waals surface area contributed by atoms with Crippen molar-refractivity contribution in [3.05, 3.63) is 30.3 Å². The highest BCUT2D eigenvalue weighted by molar-refractivity contribution is 5.94. The van der Waals surface area contributed by atoms with E-state index in [-0.39, 0.29) is 12.8 Å². The molecule has 0 N–H and O–H groups in total. The molecule has 1 aromatic carbocycles. The number of hydrogen-bond acceptors (Lipinski definition) is 1. The highest BCUT2D eigenvalue weighted by Crippen LogP contribution is 2.34. The molecule has 1 aromatic rings. The molecule has 18 heavy (non-hydrogen) atoms. The average molecular weight is 257 g/mol. The van der Waals surface area contributed by atoms with E-state index in [9.17, 15) is 18.0 Å². The zero-order valence-electron chi connectivity index (χ0n) is 9.78. The molecule has 0 bridgehead atoms. The minimum atomic E-state index is -4.38. The van der Waals surface area contributed by atoms with Crippen LogP contribution in [0.4, 0.5) is 18.9 Å². The van der Waals surface area contributed by atoms with Crippen LogP contribution in [0.15, 0.2) is 30.3 Å². The van der Waals surface area contributed by atoms with Gasteiger partial charge >= 0.3 is 6.18 Å². The van der Waals surface area contributed by atoms with Crippen molar-refractivity contribution in [3.63, 3.8) is 0 Å². The number of para-hydroxylation sites is 1. The number of alkyl halides is 3. The topological polar surface area (TPSA) is 20.3 Å². The van der Waals surface area contributed by atoms with Gasteiger partial charge in [0.15, 0.2) is 0 Å². The number of amides is 1. The predicted octanol–water partition coefficient (Wildman–Crippen LogP) is 3.52. The van der Waals surface area contributed by atoms with Gasteiger partial charge in [-0.2, -0.15) is 13.2 Å². The zero-order valence-corrected chi connectivity index (χ0v) is 9.78. The highest BCUT2D eigenvalue weighted by atomic mass is 19.4. The van der Waals surface area contributed by atoms with Crippen molar-refractivity contribution in [2.45, 2.75) is 37.9 Å². The van der Waals surface area contributed by atoms with Crippen LogP contribution in [0, 0.1) is 0 Å². The molecule has 0 unspecified atom stereocenters. The van der Waals surface area contributed by atoms with Gasteiger partial charge in [-0.3, -0.25) is 4.79 Å². The van der Waals surface area contributed by atoms with E-state index in [0.717, 1.165) is 4.90 Å². The molecule has 1 fully saturated rings. The van der Waals surface area contributed by atoms with Gasteiger partial charge in [-0.1, -0.05) is 24.6 Å². The second kappa shape index (κ2) is 5.00. The van der Waals surface area contributed by atoms with Crippen molar-refractivity contribution in [3.8, 4) is 0 Å². The molecule has 1 amide bonds. The summed E-state index contributed by atoms with van der Waals surface area (Å²) in [5.41, 5.74) is 0.326. The third-order valence-corrected chi connectivity index (χ3v) is 3.11. The molecule has 2 nitrogen and oxygen atoms in total. The van der Waals surface area contributed by atoms with Crippen molar-refractivity contribution in [2.24, 2.45) is 0 Å². The molecule has 1 saturated heterocycles. The van der Waals surface area contributed by atoms with E-state index in [0.29, 0.717) is 18.5 Å². The fourth-order valence-corrected chi connectivity index (χ4v) is 2.26. The Hall–Kier alpha value is -1.52. The lowest BCUT2D eigenvalue weighted by atomic mass is 10.1. The molecule has 1 heterocycles. The quantitative estimate of drug-likeness (QED) is 0.753. The summed E-state index contributed by atoms with van der Waals surface area (Å²) >= 11 is 0. The first kappa shape index (κ1) is 12.9. The molecule has 1 aliphatic heterocycles. The molecule has 0 aliphatic carbocycles. The Morgan fingerprint density at radius 1 is 1.11 bits per heavy atom. The summed E-state index contributed by atoms with van der Waals surface area (Å²) in [6.45, 7) is 0. The number of halogens is 3. The fourth-order valence-electron chi connectivity index (χ4n) is 2.26. The maximum absolute atomic E-state index is 13.0. The number of anilines is 1. The van der Waals surface area contributed by atoms with E-state index >= 15 is 0 Å². The Bertz CT molecular complexity index is 416. The van der Waals surface area contributed by atoms with Crippen LogP contribution < -0.4 is 4.90 Å². The molecular weight excluding hydrogens is 243 g/mol. The second-order valence-electron chi connectivity index (χ2n) is 4.40. The zero-order chi connectivity index (χ0) is 13.2. The van der Waals surface area contributed by atoms with E-state index < -0.39 is 18.1 Å². The first-order valence-electron chi connectivity index (χ1n) is 5.94. The molecule has 0 aromatic heterocycles. The van der Waals surface area contributed by atoms with Crippen LogP contribution in [0.25, 0.3) is 0 Å². The van der Waals surface area contributed by atoms with Crippen LogP contribution in [0.3, 0.4) is 0 Å². The van der Waals surface area contributed by atoms with Gasteiger partial charge in [-0.15, -0.1) is 0 Å². The fraction of sp³-hybridized carbons (Fsp3) is 0.462. The first-order valence-corrected chi connectivity index (χ1v) is 5.94. The summed E-state index contributed by atoms with van der Waals surface area (Å²) < 4.78 is 39.1. The second-order valence-corrected chi connectivity index (χ2v) is 4.40. The summed E-state index contributed by atoms with van der Waals surface area (Å²) in [5.74, 6) is -0.443. The highest BCUT2D eigenvalue weighted by Gasteiger charge is 2.46. The van der Waals surface area contributed by atoms with Gasteiger partial charge in [0.2, 0.25) is 5.91 Å². The molecule has 0 radical (unpaired) electrons. The molecule has 0 spiro atoms. The number of carbonyl (C=O) groups is 1. The Labute approximate surface area is 103 Å². The summed E-state index contributed by atoms with van der Waals surface area (Å²) in [7, 11) is 0. The van der Waals surface area contributed by atoms with Crippen molar-refractivity contribution in [1.29, 1.82) is 0 Å². The molecule has 5 heteroatoms. The number of carbonyl (C=O) groups excluding carboxylic acids is 1. The van der Waals surface area contributed by atoms with Gasteiger partial charge in [-0.25, -0.2) is 0 Å². The maximum atomic E-state index is 13.0. The van der Waals surface area contributed by atoms with Gasteiger partial charge in [0.05, 0.1) is 0 Å². The van der Waals surface area contributed by atoms with Crippen molar-refractivity contribution in [1.82, 2.24) is 0 Å². The summed E-state index contributed by atoms with van der Waals surface area (Å²) in [5, 5.41) is 0. The Morgan fingerprint density at radius 3 is 2.39 bits per heavy atom. The molecule has 1 atom stereocenters. The van der Waals surface area contributed by atoms with E-state index in [2.05, 4.69) is 0 Å². The van der Waals surface area contributed by atoms with E-state index in [1.807, 2.05) is 0 Å². The monoisotopic (exact) mass is 257 g/mol. The van der Waals surface area contributed by atoms with Crippen LogP contribution in [0.2, 0.25) is 0 Å². The van der Waals surface area contributed by atoms with Crippen molar-refractivity contribution >= 4 is 11.6 Å². The Kier molecular flexibility index (Phi) is 3.59. The molecule has 0 saturated carbocycles. The lowest BCUT2D eigenvalue weighted by molar-refractivity contribution is -0.154. The lowest BCUT2D eigenvalue weighted by Crippen LogP contribution is -2.48. The average Bonchev–Trinajstić information content (AvgIpc) is 2.51. The number of rotatable bonds is 1. The van der Waals surface area contributed by atoms with Gasteiger partial charge in [0, 0.05) is 12.1 Å². The summed E-state index contributed by atoms with van der Waals surface area (Å²) in [6.07, 6.45) is -3.27. The summed E-state index contributed by atoms with van der Waals surface area (Å²) in [6, 6.07) is 6.38. The van der Waals surface area contributed by atoms with Crippen LogP contribution in [-0.2, 0) is 4.79 Å². The van der Waals surface area contributed by atoms with Crippen molar-refractivity contribution in [2.75, 3.05) is 4.90 Å². The minimum Gasteiger partial charge on any atom is -0.300 e. The smallest absolute Gasteiger partial charge is 0.300 e. The van der Waals surface area contributed by atoms with E-state index in [1.165, 1.54) is 0 Å². The largest absolute Gasteiger partial charge is 0.409 e. The molecular formula is C13H14F3NO. The van der Waals surface area contributed by atoms with E-state index in [1.54, 1.807) is 30.3 Å².